The Kier molecular flexibility index (Phi) is 10.0. The number of ether oxygens (including phenoxy) is 2. The number of fused-ring (bicyclic) bond motifs is 3. The number of amides is 6. The minimum absolute atomic E-state index is 0.0291. The smallest absolute Gasteiger partial charge is 0.410 e. The number of rotatable bonds is 5. The topological polar surface area (TPSA) is 163 Å². The first-order chi connectivity index (χ1) is 24.6. The molecule has 0 aromatic heterocycles. The number of imide groups is 1. The van der Waals surface area contributed by atoms with Crippen LogP contribution in [0.1, 0.15) is 94.6 Å². The molecule has 1 saturated heterocycles. The summed E-state index contributed by atoms with van der Waals surface area (Å²) in [4.78, 5) is 83.7. The number of allylic oxidation sites excluding steroid dienone is 1. The van der Waals surface area contributed by atoms with Gasteiger partial charge in [-0.15, -0.1) is 0 Å². The van der Waals surface area contributed by atoms with Gasteiger partial charge in [-0.05, 0) is 75.8 Å². The Morgan fingerprint density at radius 1 is 0.922 bits per heavy atom. The molecule has 13 nitrogen and oxygen atoms in total. The van der Waals surface area contributed by atoms with Gasteiger partial charge in [-0.25, -0.2) is 14.0 Å². The van der Waals surface area contributed by atoms with E-state index in [1.807, 2.05) is 12.2 Å². The second-order valence-corrected chi connectivity index (χ2v) is 14.9. The Morgan fingerprint density at radius 3 is 2.47 bits per heavy atom. The standard InChI is InChI=1S/C37H46FN5O8/c38-28-13-8-9-23-19-42(21-27(23)28)36(49)51-26-17-30-32(45)41-37(34(47)40-31(44)22-15-16-22)18-24(37)10-4-2-1-3-5-14-29(33(46)43(30)20-26)39-35(48)50-25-11-6-7-12-25/h4,8-10,13,22,24-26,29-30H,1-3,5-7,11-12,14-21H2,(H,39,48)(H,41,45)(H,40,44,47)/b10-4+/t24?,26-,29-,30+,37-/m1/s1. The van der Waals surface area contributed by atoms with E-state index >= 15 is 0 Å². The van der Waals surface area contributed by atoms with Crippen molar-refractivity contribution >= 4 is 35.8 Å². The molecule has 7 rings (SSSR count). The Morgan fingerprint density at radius 2 is 1.71 bits per heavy atom. The molecule has 0 bridgehead atoms. The van der Waals surface area contributed by atoms with Crippen LogP contribution in [0.25, 0.3) is 0 Å². The molecule has 51 heavy (non-hydrogen) atoms. The number of halogens is 1. The molecule has 3 saturated carbocycles. The predicted molar refractivity (Wildman–Crippen MR) is 179 cm³/mol. The Balaban J connectivity index is 1.11. The fourth-order valence-corrected chi connectivity index (χ4v) is 7.90. The average Bonchev–Trinajstić information content (AvgIpc) is 3.87. The summed E-state index contributed by atoms with van der Waals surface area (Å²) in [5.41, 5.74) is -0.273. The monoisotopic (exact) mass is 707 g/mol. The van der Waals surface area contributed by atoms with Crippen molar-refractivity contribution in [3.05, 3.63) is 47.3 Å². The van der Waals surface area contributed by atoms with Crippen molar-refractivity contribution in [1.29, 1.82) is 0 Å². The van der Waals surface area contributed by atoms with Gasteiger partial charge in [-0.2, -0.15) is 0 Å². The van der Waals surface area contributed by atoms with Crippen LogP contribution in [0.5, 0.6) is 0 Å². The number of benzene rings is 1. The highest BCUT2D eigenvalue weighted by Gasteiger charge is 2.61. The molecule has 0 spiro atoms. The Bertz CT molecular complexity index is 1610. The van der Waals surface area contributed by atoms with Gasteiger partial charge in [-0.3, -0.25) is 29.4 Å². The van der Waals surface area contributed by atoms with Crippen molar-refractivity contribution in [2.24, 2.45) is 11.8 Å². The summed E-state index contributed by atoms with van der Waals surface area (Å²) in [5.74, 6) is -3.04. The highest BCUT2D eigenvalue weighted by molar-refractivity contribution is 6.06. The van der Waals surface area contributed by atoms with E-state index in [0.717, 1.165) is 44.9 Å². The van der Waals surface area contributed by atoms with Crippen molar-refractivity contribution in [1.82, 2.24) is 25.8 Å². The average molecular weight is 708 g/mol. The summed E-state index contributed by atoms with van der Waals surface area (Å²) in [7, 11) is 0. The molecule has 3 aliphatic heterocycles. The van der Waals surface area contributed by atoms with E-state index in [4.69, 9.17) is 9.47 Å². The first-order valence-corrected chi connectivity index (χ1v) is 18.4. The Labute approximate surface area is 296 Å². The summed E-state index contributed by atoms with van der Waals surface area (Å²) in [6, 6.07) is 2.53. The third-order valence-corrected chi connectivity index (χ3v) is 11.1. The molecule has 0 radical (unpaired) electrons. The molecular weight excluding hydrogens is 661 g/mol. The molecule has 6 amide bonds. The summed E-state index contributed by atoms with van der Waals surface area (Å²) in [6.45, 7) is 0.0596. The van der Waals surface area contributed by atoms with Gasteiger partial charge in [0.25, 0.3) is 5.91 Å². The number of hydrogen-bond donors (Lipinski definition) is 3. The van der Waals surface area contributed by atoms with Crippen molar-refractivity contribution in [3.8, 4) is 0 Å². The summed E-state index contributed by atoms with van der Waals surface area (Å²) in [5, 5.41) is 8.15. The van der Waals surface area contributed by atoms with Gasteiger partial charge in [-0.1, -0.05) is 37.1 Å². The fourth-order valence-electron chi connectivity index (χ4n) is 7.90. The fraction of sp³-hybridized carbons (Fsp3) is 0.622. The van der Waals surface area contributed by atoms with Crippen molar-refractivity contribution < 1.29 is 42.6 Å². The zero-order chi connectivity index (χ0) is 35.7. The number of hydrogen-bond acceptors (Lipinski definition) is 8. The van der Waals surface area contributed by atoms with E-state index in [-0.39, 0.29) is 49.9 Å². The molecule has 14 heteroatoms. The largest absolute Gasteiger partial charge is 0.446 e. The summed E-state index contributed by atoms with van der Waals surface area (Å²) < 4.78 is 25.9. The Hall–Kier alpha value is -4.49. The molecule has 1 unspecified atom stereocenters. The van der Waals surface area contributed by atoms with Crippen molar-refractivity contribution in [3.63, 3.8) is 0 Å². The predicted octanol–water partition coefficient (Wildman–Crippen LogP) is 3.73. The van der Waals surface area contributed by atoms with Gasteiger partial charge >= 0.3 is 12.2 Å². The van der Waals surface area contributed by atoms with Gasteiger partial charge < -0.3 is 25.0 Å². The van der Waals surface area contributed by atoms with E-state index in [0.29, 0.717) is 43.2 Å². The first kappa shape index (κ1) is 34.9. The molecule has 274 valence electrons. The molecule has 1 aromatic rings. The maximum absolute atomic E-state index is 14.4. The second kappa shape index (κ2) is 14.6. The highest BCUT2D eigenvalue weighted by atomic mass is 19.1. The zero-order valence-electron chi connectivity index (χ0n) is 28.7. The maximum atomic E-state index is 14.4. The van der Waals surface area contributed by atoms with Crippen molar-refractivity contribution in [2.75, 3.05) is 6.54 Å². The maximum Gasteiger partial charge on any atom is 0.410 e. The molecular formula is C37H46FN5O8. The van der Waals surface area contributed by atoms with Crippen LogP contribution in [-0.4, -0.2) is 82.0 Å². The molecule has 5 atom stereocenters. The van der Waals surface area contributed by atoms with Gasteiger partial charge in [0.2, 0.25) is 17.7 Å². The van der Waals surface area contributed by atoms with Crippen molar-refractivity contribution in [2.45, 2.75) is 126 Å². The van der Waals surface area contributed by atoms with Crippen LogP contribution in [0.2, 0.25) is 0 Å². The van der Waals surface area contributed by atoms with Crippen LogP contribution in [0, 0.1) is 17.7 Å². The first-order valence-electron chi connectivity index (χ1n) is 18.4. The molecule has 1 aromatic carbocycles. The van der Waals surface area contributed by atoms with Crippen LogP contribution >= 0.6 is 0 Å². The molecule has 3 aliphatic carbocycles. The van der Waals surface area contributed by atoms with E-state index in [9.17, 15) is 33.2 Å². The van der Waals surface area contributed by atoms with Crippen LogP contribution in [0.15, 0.2) is 30.4 Å². The normalized spacial score (nSPS) is 30.1. The van der Waals surface area contributed by atoms with E-state index in [2.05, 4.69) is 16.0 Å². The van der Waals surface area contributed by atoms with Crippen LogP contribution in [0.3, 0.4) is 0 Å². The van der Waals surface area contributed by atoms with Crippen LogP contribution in [0.4, 0.5) is 14.0 Å². The highest BCUT2D eigenvalue weighted by Crippen LogP contribution is 2.46. The quantitative estimate of drug-likeness (QED) is 0.308. The third kappa shape index (κ3) is 7.74. The molecule has 3 N–H and O–H groups in total. The lowest BCUT2D eigenvalue weighted by Gasteiger charge is -2.30. The van der Waals surface area contributed by atoms with Gasteiger partial charge in [0, 0.05) is 30.4 Å². The minimum atomic E-state index is -1.37. The number of carbonyl (C=O) groups is 6. The van der Waals surface area contributed by atoms with Gasteiger partial charge in [0.15, 0.2) is 0 Å². The van der Waals surface area contributed by atoms with E-state index in [1.54, 1.807) is 12.1 Å². The number of nitrogens with one attached hydrogen (secondary N) is 3. The van der Waals surface area contributed by atoms with Crippen LogP contribution in [-0.2, 0) is 41.7 Å². The van der Waals surface area contributed by atoms with E-state index in [1.165, 1.54) is 15.9 Å². The zero-order valence-corrected chi connectivity index (χ0v) is 28.7. The number of carbonyl (C=O) groups excluding carboxylic acids is 6. The van der Waals surface area contributed by atoms with Gasteiger partial charge in [0.05, 0.1) is 13.1 Å². The number of nitrogens with zero attached hydrogens (tertiary/aromatic N) is 2. The van der Waals surface area contributed by atoms with E-state index < -0.39 is 59.5 Å². The van der Waals surface area contributed by atoms with Crippen LogP contribution < -0.4 is 16.0 Å². The molecule has 6 aliphatic rings. The molecule has 4 fully saturated rings. The number of alkyl carbamates (subject to hydrolysis) is 1. The summed E-state index contributed by atoms with van der Waals surface area (Å²) >= 11 is 0. The lowest BCUT2D eigenvalue weighted by atomic mass is 10.0. The third-order valence-electron chi connectivity index (χ3n) is 11.1. The molecule has 3 heterocycles. The lowest BCUT2D eigenvalue weighted by Crippen LogP contribution is -2.58. The second-order valence-electron chi connectivity index (χ2n) is 14.9. The lowest BCUT2D eigenvalue weighted by molar-refractivity contribution is -0.141. The minimum Gasteiger partial charge on any atom is -0.446 e. The summed E-state index contributed by atoms with van der Waals surface area (Å²) in [6.07, 6.45) is 9.75. The van der Waals surface area contributed by atoms with Gasteiger partial charge in [0.1, 0.15) is 35.6 Å². The SMILES string of the molecule is O=C(N[C@@H]1CCCCC/C=C/C2C[C@@]2(C(=O)NC(=O)C2CC2)NC(=O)[C@@H]2C[C@@H](OC(=O)N3Cc4cccc(F)c4C3)CN2C1=O)OC1CCCC1.